The van der Waals surface area contributed by atoms with E-state index in [9.17, 15) is 13.2 Å². The van der Waals surface area contributed by atoms with Crippen molar-refractivity contribution in [3.63, 3.8) is 0 Å². The van der Waals surface area contributed by atoms with E-state index in [1.807, 2.05) is 24.3 Å². The predicted molar refractivity (Wildman–Crippen MR) is 70.9 cm³/mol. The molecule has 0 amide bonds. The lowest BCUT2D eigenvalue weighted by atomic mass is 10.0. The lowest BCUT2D eigenvalue weighted by Crippen LogP contribution is -2.37. The predicted octanol–water partition coefficient (Wildman–Crippen LogP) is 3.13. The molecule has 2 nitrogen and oxygen atoms in total. The van der Waals surface area contributed by atoms with Gasteiger partial charge >= 0.3 is 6.18 Å². The van der Waals surface area contributed by atoms with Gasteiger partial charge in [-0.25, -0.2) is 0 Å². The van der Waals surface area contributed by atoms with Crippen LogP contribution in [0.15, 0.2) is 24.3 Å². The van der Waals surface area contributed by atoms with Gasteiger partial charge < -0.3 is 5.73 Å². The molecule has 1 aromatic carbocycles. The summed E-state index contributed by atoms with van der Waals surface area (Å²) in [6, 6.07) is 7.70. The minimum Gasteiger partial charge on any atom is -0.329 e. The molecule has 0 aliphatic heterocycles. The summed E-state index contributed by atoms with van der Waals surface area (Å²) in [6.45, 7) is 3.98. The molecule has 0 atom stereocenters. The molecule has 1 rings (SSSR count). The van der Waals surface area contributed by atoms with Crippen LogP contribution in [0, 0.1) is 0 Å². The van der Waals surface area contributed by atoms with Crippen LogP contribution in [0.25, 0.3) is 0 Å². The van der Waals surface area contributed by atoms with E-state index in [4.69, 9.17) is 5.73 Å². The van der Waals surface area contributed by atoms with Gasteiger partial charge in [0.05, 0.1) is 6.54 Å². The largest absolute Gasteiger partial charge is 0.401 e. The highest BCUT2D eigenvalue weighted by atomic mass is 19.4. The van der Waals surface area contributed by atoms with Gasteiger partial charge in [0.15, 0.2) is 0 Å². The van der Waals surface area contributed by atoms with Gasteiger partial charge in [-0.05, 0) is 17.0 Å². The number of hydrogen-bond donors (Lipinski definition) is 1. The first-order valence-electron chi connectivity index (χ1n) is 6.40. The molecule has 2 N–H and O–H groups in total. The number of alkyl halides is 3. The number of nitrogens with zero attached hydrogens (tertiary/aromatic N) is 1. The zero-order valence-corrected chi connectivity index (χ0v) is 11.4. The van der Waals surface area contributed by atoms with Crippen molar-refractivity contribution >= 4 is 0 Å². The molecule has 0 fully saturated rings. The number of rotatable bonds is 6. The van der Waals surface area contributed by atoms with E-state index >= 15 is 0 Å². The first kappa shape index (κ1) is 16.0. The highest BCUT2D eigenvalue weighted by Gasteiger charge is 2.30. The van der Waals surface area contributed by atoms with Crippen LogP contribution >= 0.6 is 0 Å². The lowest BCUT2D eigenvalue weighted by Gasteiger charge is -2.23. The first-order chi connectivity index (χ1) is 8.81. The Morgan fingerprint density at radius 3 is 2.16 bits per heavy atom. The summed E-state index contributed by atoms with van der Waals surface area (Å²) in [7, 11) is 0. The van der Waals surface area contributed by atoms with Crippen LogP contribution in [0.4, 0.5) is 13.2 Å². The molecular weight excluding hydrogens is 253 g/mol. The second-order valence-electron chi connectivity index (χ2n) is 5.01. The van der Waals surface area contributed by atoms with Crippen molar-refractivity contribution in [3.8, 4) is 0 Å². The van der Waals surface area contributed by atoms with Crippen molar-refractivity contribution in [3.05, 3.63) is 35.4 Å². The van der Waals surface area contributed by atoms with Crippen molar-refractivity contribution in [2.24, 2.45) is 5.73 Å². The van der Waals surface area contributed by atoms with Crippen LogP contribution in [-0.4, -0.2) is 30.7 Å². The summed E-state index contributed by atoms with van der Waals surface area (Å²) in [5.41, 5.74) is 7.42. The van der Waals surface area contributed by atoms with Gasteiger partial charge in [-0.15, -0.1) is 0 Å². The van der Waals surface area contributed by atoms with Gasteiger partial charge in [0.2, 0.25) is 0 Å². The molecule has 108 valence electrons. The van der Waals surface area contributed by atoms with Gasteiger partial charge in [-0.3, -0.25) is 4.90 Å². The number of benzene rings is 1. The molecule has 5 heteroatoms. The van der Waals surface area contributed by atoms with Crippen LogP contribution in [0.1, 0.15) is 30.9 Å². The van der Waals surface area contributed by atoms with Crippen molar-refractivity contribution in [1.82, 2.24) is 4.90 Å². The fraction of sp³-hybridized carbons (Fsp3) is 0.571. The number of halogens is 3. The molecule has 19 heavy (non-hydrogen) atoms. The van der Waals surface area contributed by atoms with Crippen LogP contribution in [-0.2, 0) is 6.54 Å². The van der Waals surface area contributed by atoms with Crippen molar-refractivity contribution < 1.29 is 13.2 Å². The second-order valence-corrected chi connectivity index (χ2v) is 5.01. The smallest absolute Gasteiger partial charge is 0.329 e. The number of nitrogens with two attached hydrogens (primary N) is 1. The Bertz CT molecular complexity index is 371. The summed E-state index contributed by atoms with van der Waals surface area (Å²) < 4.78 is 37.3. The highest BCUT2D eigenvalue weighted by molar-refractivity contribution is 5.24. The normalized spacial score (nSPS) is 12.4. The third-order valence-electron chi connectivity index (χ3n) is 2.90. The average molecular weight is 274 g/mol. The molecule has 0 unspecified atom stereocenters. The van der Waals surface area contributed by atoms with Crippen molar-refractivity contribution in [2.45, 2.75) is 32.5 Å². The van der Waals surface area contributed by atoms with E-state index in [-0.39, 0.29) is 19.6 Å². The summed E-state index contributed by atoms with van der Waals surface area (Å²) >= 11 is 0. The summed E-state index contributed by atoms with van der Waals surface area (Å²) in [4.78, 5) is 1.32. The minimum absolute atomic E-state index is 0.222. The maximum Gasteiger partial charge on any atom is 0.401 e. The Morgan fingerprint density at radius 1 is 1.16 bits per heavy atom. The quantitative estimate of drug-likeness (QED) is 0.863. The fourth-order valence-electron chi connectivity index (χ4n) is 1.92. The summed E-state index contributed by atoms with van der Waals surface area (Å²) in [5.74, 6) is 0.421. The SMILES string of the molecule is CC(C)c1ccc(CN(CCN)CC(F)(F)F)cc1. The first-order valence-corrected chi connectivity index (χ1v) is 6.40. The van der Waals surface area contributed by atoms with Gasteiger partial charge in [-0.1, -0.05) is 38.1 Å². The zero-order chi connectivity index (χ0) is 14.5. The molecule has 0 aliphatic rings. The molecule has 0 radical (unpaired) electrons. The lowest BCUT2D eigenvalue weighted by molar-refractivity contribution is -0.146. The van der Waals surface area contributed by atoms with E-state index in [2.05, 4.69) is 13.8 Å². The summed E-state index contributed by atoms with van der Waals surface area (Å²) in [6.07, 6.45) is -4.19. The molecule has 0 aliphatic carbocycles. The Labute approximate surface area is 112 Å². The third kappa shape index (κ3) is 6.07. The third-order valence-corrected chi connectivity index (χ3v) is 2.90. The Balaban J connectivity index is 2.68. The number of hydrogen-bond acceptors (Lipinski definition) is 2. The Hall–Kier alpha value is -1.07. The monoisotopic (exact) mass is 274 g/mol. The van der Waals surface area contributed by atoms with Gasteiger partial charge in [0.25, 0.3) is 0 Å². The highest BCUT2D eigenvalue weighted by Crippen LogP contribution is 2.19. The van der Waals surface area contributed by atoms with E-state index in [1.165, 1.54) is 10.5 Å². The maximum atomic E-state index is 12.4. The zero-order valence-electron chi connectivity index (χ0n) is 11.4. The standard InChI is InChI=1S/C14H21F3N2/c1-11(2)13-5-3-12(4-6-13)9-19(8-7-18)10-14(15,16)17/h3-6,11H,7-10,18H2,1-2H3. The molecule has 0 saturated carbocycles. The van der Waals surface area contributed by atoms with Crippen LogP contribution in [0.2, 0.25) is 0 Å². The second kappa shape index (κ2) is 6.91. The molecule has 1 aromatic rings. The summed E-state index contributed by atoms with van der Waals surface area (Å²) in [5, 5.41) is 0. The van der Waals surface area contributed by atoms with Crippen LogP contribution in [0.5, 0.6) is 0 Å². The van der Waals surface area contributed by atoms with Crippen LogP contribution < -0.4 is 5.73 Å². The van der Waals surface area contributed by atoms with Gasteiger partial charge in [0.1, 0.15) is 0 Å². The van der Waals surface area contributed by atoms with Crippen molar-refractivity contribution in [2.75, 3.05) is 19.6 Å². The molecule has 0 spiro atoms. The maximum absolute atomic E-state index is 12.4. The van der Waals surface area contributed by atoms with E-state index in [0.29, 0.717) is 5.92 Å². The van der Waals surface area contributed by atoms with Gasteiger partial charge in [-0.2, -0.15) is 13.2 Å². The van der Waals surface area contributed by atoms with Crippen LogP contribution in [0.3, 0.4) is 0 Å². The molecule has 0 heterocycles. The minimum atomic E-state index is -4.19. The van der Waals surface area contributed by atoms with E-state index in [1.54, 1.807) is 0 Å². The average Bonchev–Trinajstić information content (AvgIpc) is 2.27. The van der Waals surface area contributed by atoms with E-state index < -0.39 is 12.7 Å². The topological polar surface area (TPSA) is 29.3 Å². The molecular formula is C14H21F3N2. The Kier molecular flexibility index (Phi) is 5.82. The fourth-order valence-corrected chi connectivity index (χ4v) is 1.92. The van der Waals surface area contributed by atoms with E-state index in [0.717, 1.165) is 5.56 Å². The molecule has 0 bridgehead atoms. The molecule has 0 saturated heterocycles. The van der Waals surface area contributed by atoms with Crippen molar-refractivity contribution in [1.29, 1.82) is 0 Å². The molecule has 0 aromatic heterocycles. The van der Waals surface area contributed by atoms with Gasteiger partial charge in [0, 0.05) is 19.6 Å². The Morgan fingerprint density at radius 2 is 1.74 bits per heavy atom.